The molecule has 6 heteroatoms. The number of ether oxygens (including phenoxy) is 1. The molecular formula is C16H13N3O2S. The van der Waals surface area contributed by atoms with E-state index in [1.807, 2.05) is 12.3 Å². The van der Waals surface area contributed by atoms with Crippen molar-refractivity contribution in [1.29, 1.82) is 5.26 Å². The highest BCUT2D eigenvalue weighted by Gasteiger charge is 2.13. The molecule has 22 heavy (non-hydrogen) atoms. The number of nitriles is 1. The summed E-state index contributed by atoms with van der Waals surface area (Å²) in [4.78, 5) is 16.6. The maximum absolute atomic E-state index is 12.3. The number of hydrogen-bond donors (Lipinski definition) is 1. The van der Waals surface area contributed by atoms with Crippen molar-refractivity contribution in [2.75, 3.05) is 6.26 Å². The number of rotatable bonds is 3. The van der Waals surface area contributed by atoms with Crippen LogP contribution in [0.25, 0.3) is 0 Å². The Morgan fingerprint density at radius 2 is 1.86 bits per heavy atom. The molecule has 110 valence electrons. The van der Waals surface area contributed by atoms with Crippen LogP contribution in [0.15, 0.2) is 59.6 Å². The van der Waals surface area contributed by atoms with Gasteiger partial charge in [0.25, 0.3) is 0 Å². The second-order valence-corrected chi connectivity index (χ2v) is 4.87. The smallest absolute Gasteiger partial charge is 0.345 e. The minimum Gasteiger partial charge on any atom is -0.423 e. The third-order valence-corrected chi connectivity index (χ3v) is 3.24. The summed E-state index contributed by atoms with van der Waals surface area (Å²) >= 11 is 1.28. The number of carbonyl (C=O) groups excluding carboxylic acids is 1. The number of aliphatic imine (C=N–C) groups is 1. The van der Waals surface area contributed by atoms with Gasteiger partial charge >= 0.3 is 5.97 Å². The number of nitrogens with one attached hydrogen (secondary N) is 1. The van der Waals surface area contributed by atoms with Gasteiger partial charge in [0.1, 0.15) is 5.75 Å². The summed E-state index contributed by atoms with van der Waals surface area (Å²) in [5.41, 5.74) is 0.771. The zero-order valence-electron chi connectivity index (χ0n) is 11.8. The molecule has 1 N–H and O–H groups in total. The molecule has 0 aliphatic heterocycles. The third kappa shape index (κ3) is 4.11. The average Bonchev–Trinajstić information content (AvgIpc) is 2.55. The summed E-state index contributed by atoms with van der Waals surface area (Å²) in [5.74, 6) is -0.0329. The van der Waals surface area contributed by atoms with Crippen molar-refractivity contribution < 1.29 is 9.53 Å². The molecule has 0 radical (unpaired) electrons. The lowest BCUT2D eigenvalue weighted by Crippen LogP contribution is -2.13. The van der Waals surface area contributed by atoms with Gasteiger partial charge in [-0.05, 0) is 30.5 Å². The van der Waals surface area contributed by atoms with Gasteiger partial charge in [0, 0.05) is 0 Å². The Bertz CT molecular complexity index is 724. The van der Waals surface area contributed by atoms with Crippen molar-refractivity contribution in [2.45, 2.75) is 0 Å². The van der Waals surface area contributed by atoms with Crippen LogP contribution in [0.5, 0.6) is 5.75 Å². The first kappa shape index (κ1) is 15.6. The van der Waals surface area contributed by atoms with E-state index in [9.17, 15) is 4.79 Å². The second kappa shape index (κ2) is 7.86. The number of nitrogens with zero attached hydrogens (tertiary/aromatic N) is 2. The largest absolute Gasteiger partial charge is 0.423 e. The van der Waals surface area contributed by atoms with E-state index >= 15 is 0 Å². The average molecular weight is 311 g/mol. The molecule has 2 aromatic rings. The quantitative estimate of drug-likeness (QED) is 0.235. The highest BCUT2D eigenvalue weighted by Crippen LogP contribution is 2.22. The van der Waals surface area contributed by atoms with Crippen LogP contribution in [0, 0.1) is 11.5 Å². The Labute approximate surface area is 132 Å². The lowest BCUT2D eigenvalue weighted by molar-refractivity contribution is 0.0735. The standard InChI is InChI=1S/C16H13N3O2S/c1-22-16(18-11-17)19-14-10-6-5-9-13(14)15(20)21-12-7-3-2-4-8-12/h2-10H,1H3,(H,18,19). The van der Waals surface area contributed by atoms with Crippen LogP contribution in [0.1, 0.15) is 10.4 Å². The van der Waals surface area contributed by atoms with E-state index in [4.69, 9.17) is 10.00 Å². The van der Waals surface area contributed by atoms with E-state index in [1.165, 1.54) is 11.8 Å². The number of amidine groups is 1. The number of carbonyl (C=O) groups is 1. The fourth-order valence-corrected chi connectivity index (χ4v) is 2.01. The van der Waals surface area contributed by atoms with Crippen molar-refractivity contribution in [1.82, 2.24) is 5.32 Å². The summed E-state index contributed by atoms with van der Waals surface area (Å²) < 4.78 is 5.32. The van der Waals surface area contributed by atoms with Crippen molar-refractivity contribution in [3.05, 3.63) is 60.2 Å². The molecule has 0 heterocycles. The summed E-state index contributed by atoms with van der Waals surface area (Å²) in [6, 6.07) is 15.6. The van der Waals surface area contributed by atoms with Gasteiger partial charge in [-0.15, -0.1) is 0 Å². The van der Waals surface area contributed by atoms with E-state index in [0.29, 0.717) is 22.2 Å². The number of thioether (sulfide) groups is 1. The molecule has 0 saturated heterocycles. The topological polar surface area (TPSA) is 74.5 Å². The van der Waals surface area contributed by atoms with Crippen LogP contribution in [0.2, 0.25) is 0 Å². The predicted octanol–water partition coefficient (Wildman–Crippen LogP) is 3.33. The van der Waals surface area contributed by atoms with E-state index < -0.39 is 5.97 Å². The Kier molecular flexibility index (Phi) is 5.57. The van der Waals surface area contributed by atoms with Gasteiger partial charge in [-0.25, -0.2) is 9.79 Å². The molecule has 0 aliphatic rings. The number of benzene rings is 2. The lowest BCUT2D eigenvalue weighted by Gasteiger charge is -2.07. The van der Waals surface area contributed by atoms with Gasteiger partial charge in [0.2, 0.25) is 0 Å². The molecule has 0 fully saturated rings. The van der Waals surface area contributed by atoms with Gasteiger partial charge in [-0.1, -0.05) is 42.1 Å². The number of para-hydroxylation sites is 2. The van der Waals surface area contributed by atoms with E-state index in [2.05, 4.69) is 10.3 Å². The third-order valence-electron chi connectivity index (χ3n) is 2.66. The minimum atomic E-state index is -0.497. The molecule has 5 nitrogen and oxygen atoms in total. The van der Waals surface area contributed by atoms with Gasteiger partial charge in [-0.2, -0.15) is 5.26 Å². The van der Waals surface area contributed by atoms with Crippen molar-refractivity contribution in [2.24, 2.45) is 4.99 Å². The summed E-state index contributed by atoms with van der Waals surface area (Å²) in [6.45, 7) is 0. The first-order valence-corrected chi connectivity index (χ1v) is 7.61. The maximum atomic E-state index is 12.3. The molecule has 0 aliphatic carbocycles. The molecule has 0 unspecified atom stereocenters. The fourth-order valence-electron chi connectivity index (χ4n) is 1.68. The maximum Gasteiger partial charge on any atom is 0.345 e. The van der Waals surface area contributed by atoms with Crippen LogP contribution >= 0.6 is 11.8 Å². The van der Waals surface area contributed by atoms with Gasteiger partial charge in [0.15, 0.2) is 11.4 Å². The van der Waals surface area contributed by atoms with Gasteiger partial charge < -0.3 is 4.74 Å². The normalized spacial score (nSPS) is 10.6. The van der Waals surface area contributed by atoms with E-state index in [0.717, 1.165) is 0 Å². The molecular weight excluding hydrogens is 298 g/mol. The number of hydrogen-bond acceptors (Lipinski definition) is 5. The van der Waals surface area contributed by atoms with E-state index in [1.54, 1.807) is 54.8 Å². The molecule has 2 rings (SSSR count). The molecule has 0 amide bonds. The predicted molar refractivity (Wildman–Crippen MR) is 87.2 cm³/mol. The monoisotopic (exact) mass is 311 g/mol. The van der Waals surface area contributed by atoms with Gasteiger partial charge in [-0.3, -0.25) is 5.32 Å². The molecule has 2 aromatic carbocycles. The first-order chi connectivity index (χ1) is 10.7. The number of esters is 1. The Morgan fingerprint density at radius 1 is 1.18 bits per heavy atom. The van der Waals surface area contributed by atoms with Crippen LogP contribution in [-0.4, -0.2) is 17.4 Å². The molecule has 0 bridgehead atoms. The highest BCUT2D eigenvalue weighted by molar-refractivity contribution is 8.13. The van der Waals surface area contributed by atoms with Crippen molar-refractivity contribution in [3.63, 3.8) is 0 Å². The summed E-state index contributed by atoms with van der Waals surface area (Å²) in [7, 11) is 0. The Balaban J connectivity index is 2.28. The molecule has 0 saturated carbocycles. The highest BCUT2D eigenvalue weighted by atomic mass is 32.2. The summed E-state index contributed by atoms with van der Waals surface area (Å²) in [5, 5.41) is 11.5. The molecule has 0 atom stereocenters. The zero-order valence-corrected chi connectivity index (χ0v) is 12.6. The van der Waals surface area contributed by atoms with Crippen LogP contribution in [0.4, 0.5) is 5.69 Å². The molecule has 0 aromatic heterocycles. The van der Waals surface area contributed by atoms with E-state index in [-0.39, 0.29) is 0 Å². The second-order valence-electron chi connectivity index (χ2n) is 4.08. The van der Waals surface area contributed by atoms with Crippen molar-refractivity contribution in [3.8, 4) is 11.9 Å². The zero-order chi connectivity index (χ0) is 15.8. The SMILES string of the molecule is CSC(=Nc1ccccc1C(=O)Oc1ccccc1)NC#N. The van der Waals surface area contributed by atoms with Crippen LogP contribution in [-0.2, 0) is 0 Å². The Morgan fingerprint density at radius 3 is 2.55 bits per heavy atom. The minimum absolute atomic E-state index is 0.331. The Hall–Kier alpha value is -2.78. The van der Waals surface area contributed by atoms with Gasteiger partial charge in [0.05, 0.1) is 11.3 Å². The lowest BCUT2D eigenvalue weighted by atomic mass is 10.2. The summed E-state index contributed by atoms with van der Waals surface area (Å²) in [6.07, 6.45) is 3.60. The van der Waals surface area contributed by atoms with Crippen LogP contribution < -0.4 is 10.1 Å². The van der Waals surface area contributed by atoms with Crippen LogP contribution in [0.3, 0.4) is 0 Å². The fraction of sp³-hybridized carbons (Fsp3) is 0.0625. The van der Waals surface area contributed by atoms with Crippen molar-refractivity contribution >= 4 is 28.6 Å². The molecule has 0 spiro atoms. The first-order valence-electron chi connectivity index (χ1n) is 6.38.